The quantitative estimate of drug-likeness (QED) is 0.820. The lowest BCUT2D eigenvalue weighted by Gasteiger charge is -1.99. The normalized spacial score (nSPS) is 10.1. The number of rotatable bonds is 2. The molecule has 1 heterocycles. The minimum atomic E-state index is 0. The molecule has 14 heavy (non-hydrogen) atoms. The number of fused-ring (bicyclic) bond motifs is 1. The van der Waals surface area contributed by atoms with Crippen molar-refractivity contribution >= 4 is 23.4 Å². The predicted molar refractivity (Wildman–Crippen MR) is 60.7 cm³/mol. The van der Waals surface area contributed by atoms with E-state index in [1.807, 2.05) is 32.3 Å². The molecule has 0 aliphatic carbocycles. The van der Waals surface area contributed by atoms with E-state index in [2.05, 4.69) is 20.9 Å². The van der Waals surface area contributed by atoms with Crippen LogP contribution < -0.4 is 5.32 Å². The molecule has 2 rings (SSSR count). The predicted octanol–water partition coefficient (Wildman–Crippen LogP) is 1.71. The first-order chi connectivity index (χ1) is 6.33. The third-order valence-corrected chi connectivity index (χ3v) is 2.21. The molecular weight excluding hydrogens is 198 g/mol. The highest BCUT2D eigenvalue weighted by Crippen LogP contribution is 2.13. The van der Waals surface area contributed by atoms with Crippen molar-refractivity contribution in [1.29, 1.82) is 0 Å². The van der Waals surface area contributed by atoms with Crippen LogP contribution in [-0.4, -0.2) is 16.6 Å². The van der Waals surface area contributed by atoms with Gasteiger partial charge >= 0.3 is 0 Å². The Balaban J connectivity index is 0.000000980. The fourth-order valence-electron chi connectivity index (χ4n) is 1.51. The van der Waals surface area contributed by atoms with Gasteiger partial charge in [-0.1, -0.05) is 12.1 Å². The molecule has 0 saturated heterocycles. The molecule has 1 N–H and O–H groups in total. The molecule has 3 nitrogen and oxygen atoms in total. The van der Waals surface area contributed by atoms with E-state index in [9.17, 15) is 0 Å². The zero-order valence-electron chi connectivity index (χ0n) is 8.32. The topological polar surface area (TPSA) is 29.9 Å². The first-order valence-electron chi connectivity index (χ1n) is 4.38. The molecule has 0 saturated carbocycles. The van der Waals surface area contributed by atoms with Gasteiger partial charge in [-0.2, -0.15) is 0 Å². The molecule has 0 amide bonds. The summed E-state index contributed by atoms with van der Waals surface area (Å²) in [7, 11) is 3.97. The summed E-state index contributed by atoms with van der Waals surface area (Å²) in [6.07, 6.45) is 0. The second-order valence-electron chi connectivity index (χ2n) is 3.11. The highest BCUT2D eigenvalue weighted by Gasteiger charge is 2.04. The van der Waals surface area contributed by atoms with Gasteiger partial charge in [0.2, 0.25) is 0 Å². The monoisotopic (exact) mass is 211 g/mol. The maximum absolute atomic E-state index is 4.50. The number of aromatic nitrogens is 2. The van der Waals surface area contributed by atoms with E-state index in [1.54, 1.807) is 0 Å². The van der Waals surface area contributed by atoms with Crippen molar-refractivity contribution in [3.63, 3.8) is 0 Å². The van der Waals surface area contributed by atoms with Gasteiger partial charge < -0.3 is 9.88 Å². The van der Waals surface area contributed by atoms with Gasteiger partial charge in [0.15, 0.2) is 0 Å². The lowest BCUT2D eigenvalue weighted by atomic mass is 10.3. The number of aryl methyl sites for hydroxylation is 1. The maximum Gasteiger partial charge on any atom is 0.123 e. The number of halogens is 1. The van der Waals surface area contributed by atoms with Crippen molar-refractivity contribution < 1.29 is 0 Å². The number of imidazole rings is 1. The molecule has 1 aromatic carbocycles. The zero-order valence-corrected chi connectivity index (χ0v) is 9.14. The van der Waals surface area contributed by atoms with Crippen molar-refractivity contribution in [1.82, 2.24) is 14.9 Å². The van der Waals surface area contributed by atoms with Crippen LogP contribution in [0.25, 0.3) is 11.0 Å². The highest BCUT2D eigenvalue weighted by molar-refractivity contribution is 5.85. The van der Waals surface area contributed by atoms with Gasteiger partial charge in [0.05, 0.1) is 17.6 Å². The lowest BCUT2D eigenvalue weighted by molar-refractivity contribution is 0.719. The second-order valence-corrected chi connectivity index (χ2v) is 3.11. The summed E-state index contributed by atoms with van der Waals surface area (Å²) in [6, 6.07) is 8.17. The van der Waals surface area contributed by atoms with Gasteiger partial charge in [0, 0.05) is 7.05 Å². The molecule has 0 bridgehead atoms. The Hall–Kier alpha value is -1.06. The maximum atomic E-state index is 4.50. The summed E-state index contributed by atoms with van der Waals surface area (Å²) in [5, 5.41) is 3.10. The summed E-state index contributed by atoms with van der Waals surface area (Å²) in [5.41, 5.74) is 2.25. The third-order valence-electron chi connectivity index (χ3n) is 2.21. The van der Waals surface area contributed by atoms with Gasteiger partial charge in [-0.05, 0) is 19.2 Å². The largest absolute Gasteiger partial charge is 0.330 e. The van der Waals surface area contributed by atoms with Crippen molar-refractivity contribution in [3.8, 4) is 0 Å². The SMILES string of the molecule is CNCc1nc2ccccc2n1C.Cl. The Morgan fingerprint density at radius 2 is 2.07 bits per heavy atom. The van der Waals surface area contributed by atoms with Crippen LogP contribution in [0.2, 0.25) is 0 Å². The Kier molecular flexibility index (Phi) is 3.49. The van der Waals surface area contributed by atoms with Gasteiger partial charge in [-0.25, -0.2) is 4.98 Å². The van der Waals surface area contributed by atoms with Gasteiger partial charge in [0.25, 0.3) is 0 Å². The van der Waals surface area contributed by atoms with Crippen LogP contribution in [0.1, 0.15) is 5.82 Å². The Labute approximate surface area is 89.5 Å². The van der Waals surface area contributed by atoms with Crippen molar-refractivity contribution in [2.75, 3.05) is 7.05 Å². The second kappa shape index (κ2) is 4.44. The molecule has 0 radical (unpaired) electrons. The van der Waals surface area contributed by atoms with Crippen molar-refractivity contribution in [2.24, 2.45) is 7.05 Å². The Morgan fingerprint density at radius 3 is 2.71 bits per heavy atom. The summed E-state index contributed by atoms with van der Waals surface area (Å²) in [5.74, 6) is 1.07. The van der Waals surface area contributed by atoms with E-state index in [-0.39, 0.29) is 12.4 Å². The van der Waals surface area contributed by atoms with E-state index in [4.69, 9.17) is 0 Å². The van der Waals surface area contributed by atoms with Crippen LogP contribution in [0.5, 0.6) is 0 Å². The van der Waals surface area contributed by atoms with E-state index >= 15 is 0 Å². The summed E-state index contributed by atoms with van der Waals surface area (Å²) in [6.45, 7) is 0.811. The Morgan fingerprint density at radius 1 is 1.36 bits per heavy atom. The molecule has 0 fully saturated rings. The molecule has 1 aromatic heterocycles. The third kappa shape index (κ3) is 1.74. The van der Waals surface area contributed by atoms with Crippen LogP contribution >= 0.6 is 12.4 Å². The fourth-order valence-corrected chi connectivity index (χ4v) is 1.51. The Bertz CT molecular complexity index is 422. The molecule has 0 aliphatic rings. The molecule has 0 aliphatic heterocycles. The van der Waals surface area contributed by atoms with Crippen molar-refractivity contribution in [2.45, 2.75) is 6.54 Å². The smallest absolute Gasteiger partial charge is 0.123 e. The van der Waals surface area contributed by atoms with Gasteiger partial charge in [0.1, 0.15) is 5.82 Å². The molecule has 76 valence electrons. The van der Waals surface area contributed by atoms with Gasteiger partial charge in [-0.15, -0.1) is 12.4 Å². The standard InChI is InChI=1S/C10H13N3.ClH/c1-11-7-10-12-8-5-3-4-6-9(8)13(10)2;/h3-6,11H,7H2,1-2H3;1H. The first kappa shape index (κ1) is 11.0. The minimum absolute atomic E-state index is 0. The van der Waals surface area contributed by atoms with Crippen LogP contribution in [0, 0.1) is 0 Å². The molecule has 0 atom stereocenters. The van der Waals surface area contributed by atoms with Crippen LogP contribution in [0.15, 0.2) is 24.3 Å². The molecular formula is C10H14ClN3. The average molecular weight is 212 g/mol. The van der Waals surface area contributed by atoms with Crippen LogP contribution in [0.4, 0.5) is 0 Å². The van der Waals surface area contributed by atoms with Gasteiger partial charge in [-0.3, -0.25) is 0 Å². The zero-order chi connectivity index (χ0) is 9.26. The van der Waals surface area contributed by atoms with Crippen LogP contribution in [0.3, 0.4) is 0 Å². The summed E-state index contributed by atoms with van der Waals surface area (Å²) in [4.78, 5) is 4.50. The first-order valence-corrected chi connectivity index (χ1v) is 4.38. The van der Waals surface area contributed by atoms with Crippen LogP contribution in [-0.2, 0) is 13.6 Å². The summed E-state index contributed by atoms with van der Waals surface area (Å²) >= 11 is 0. The van der Waals surface area contributed by atoms with E-state index in [1.165, 1.54) is 5.52 Å². The molecule has 2 aromatic rings. The van der Waals surface area contributed by atoms with E-state index in [0.717, 1.165) is 17.9 Å². The number of nitrogens with one attached hydrogen (secondary N) is 1. The molecule has 4 heteroatoms. The number of hydrogen-bond donors (Lipinski definition) is 1. The lowest BCUT2D eigenvalue weighted by Crippen LogP contribution is -2.10. The molecule has 0 unspecified atom stereocenters. The minimum Gasteiger partial charge on any atom is -0.330 e. The average Bonchev–Trinajstić information content (AvgIpc) is 2.46. The number of para-hydroxylation sites is 2. The van der Waals surface area contributed by atoms with E-state index < -0.39 is 0 Å². The highest BCUT2D eigenvalue weighted by atomic mass is 35.5. The molecule has 0 spiro atoms. The number of nitrogens with zero attached hydrogens (tertiary/aromatic N) is 2. The summed E-state index contributed by atoms with van der Waals surface area (Å²) < 4.78 is 2.12. The number of benzene rings is 1. The fraction of sp³-hybridized carbons (Fsp3) is 0.300. The van der Waals surface area contributed by atoms with E-state index in [0.29, 0.717) is 0 Å². The number of hydrogen-bond acceptors (Lipinski definition) is 2. The van der Waals surface area contributed by atoms with Crippen molar-refractivity contribution in [3.05, 3.63) is 30.1 Å².